The zero-order valence-corrected chi connectivity index (χ0v) is 31.6. The number of esters is 2. The van der Waals surface area contributed by atoms with Gasteiger partial charge in [-0.25, -0.2) is 9.21 Å². The summed E-state index contributed by atoms with van der Waals surface area (Å²) in [7, 11) is 0. The zero-order chi connectivity index (χ0) is 45.2. The predicted octanol–water partition coefficient (Wildman–Crippen LogP) is -0.738. The quantitative estimate of drug-likeness (QED) is 0.0259. The molecule has 0 unspecified atom stereocenters. The molecule has 2 fully saturated rings. The van der Waals surface area contributed by atoms with Gasteiger partial charge in [0.05, 0.1) is 11.6 Å². The molecule has 23 heteroatoms. The highest BCUT2D eigenvalue weighted by Crippen LogP contribution is 2.45. The number of aliphatic carboxylic acids is 1. The minimum atomic E-state index is -2.04. The van der Waals surface area contributed by atoms with E-state index in [-0.39, 0.29) is 16.5 Å². The summed E-state index contributed by atoms with van der Waals surface area (Å²) < 4.78 is 39.0. The first-order chi connectivity index (χ1) is 29.3. The molecule has 2 aliphatic rings. The van der Waals surface area contributed by atoms with Gasteiger partial charge < -0.3 is 94.8 Å². The van der Waals surface area contributed by atoms with Crippen LogP contribution in [0.3, 0.4) is 0 Å². The van der Waals surface area contributed by atoms with Crippen molar-refractivity contribution in [1.29, 1.82) is 0 Å². The summed E-state index contributed by atoms with van der Waals surface area (Å²) >= 11 is 0. The Morgan fingerprint density at radius 1 is 0.645 bits per heavy atom. The number of carboxylic acids is 1. The third-order valence-corrected chi connectivity index (χ3v) is 9.46. The van der Waals surface area contributed by atoms with Gasteiger partial charge in [0, 0.05) is 30.3 Å². The Labute approximate surface area is 346 Å². The first kappa shape index (κ1) is 44.8. The largest absolute Gasteiger partial charge is 0.507 e. The highest BCUT2D eigenvalue weighted by atomic mass is 16.7. The molecule has 0 amide bonds. The van der Waals surface area contributed by atoms with E-state index in [0.717, 1.165) is 42.5 Å². The fraction of sp³-hybridized carbons (Fsp3) is 0.333. The molecule has 0 aliphatic carbocycles. The lowest BCUT2D eigenvalue weighted by molar-refractivity contribution is -0.278. The number of ether oxygens (including phenoxy) is 6. The van der Waals surface area contributed by atoms with Crippen molar-refractivity contribution in [3.63, 3.8) is 0 Å². The van der Waals surface area contributed by atoms with Gasteiger partial charge in [0.25, 0.3) is 0 Å². The molecule has 3 heterocycles. The Morgan fingerprint density at radius 2 is 1.23 bits per heavy atom. The van der Waals surface area contributed by atoms with E-state index in [1.807, 2.05) is 0 Å². The number of carbonyl (C=O) groups excluding carboxylic acids is 2. The Balaban J connectivity index is 1.31. The van der Waals surface area contributed by atoms with Gasteiger partial charge >= 0.3 is 29.3 Å². The lowest BCUT2D eigenvalue weighted by Gasteiger charge is -2.40. The molecule has 23 nitrogen and oxygen atoms in total. The first-order valence-corrected chi connectivity index (χ1v) is 18.2. The molecule has 4 aromatic rings. The molecule has 62 heavy (non-hydrogen) atoms. The number of hydrogen-bond donors (Lipinski definition) is 13. The van der Waals surface area contributed by atoms with Gasteiger partial charge in [0.15, 0.2) is 28.7 Å². The third-order valence-electron chi connectivity index (χ3n) is 9.46. The van der Waals surface area contributed by atoms with E-state index in [1.165, 1.54) is 18.2 Å². The lowest BCUT2D eigenvalue weighted by atomic mass is 9.99. The van der Waals surface area contributed by atoms with Gasteiger partial charge in [-0.3, -0.25) is 9.59 Å². The lowest BCUT2D eigenvalue weighted by Crippen LogP contribution is -2.60. The van der Waals surface area contributed by atoms with E-state index in [2.05, 4.69) is 0 Å². The Bertz CT molecular complexity index is 2320. The van der Waals surface area contributed by atoms with Crippen LogP contribution in [0.15, 0.2) is 59.0 Å². The fourth-order valence-electron chi connectivity index (χ4n) is 6.22. The number of phenols is 6. The Morgan fingerprint density at radius 3 is 1.81 bits per heavy atom. The smallest absolute Gasteiger partial charge is 0.402 e. The molecule has 2 aliphatic heterocycles. The zero-order valence-electron chi connectivity index (χ0n) is 31.6. The second-order valence-electron chi connectivity index (χ2n) is 13.9. The van der Waals surface area contributed by atoms with Crippen LogP contribution in [0.4, 0.5) is 0 Å². The molecule has 13 N–H and O–H groups in total. The van der Waals surface area contributed by atoms with Gasteiger partial charge in [-0.15, -0.1) is 0 Å². The molecule has 0 bridgehead atoms. The maximum absolute atomic E-state index is 12.5. The van der Waals surface area contributed by atoms with E-state index < -0.39 is 151 Å². The summed E-state index contributed by atoms with van der Waals surface area (Å²) in [5.41, 5.74) is -0.177. The fourth-order valence-corrected chi connectivity index (χ4v) is 6.22. The monoisotopic (exact) mass is 875 g/mol. The average molecular weight is 876 g/mol. The van der Waals surface area contributed by atoms with Crippen molar-refractivity contribution in [2.24, 2.45) is 0 Å². The van der Waals surface area contributed by atoms with Crippen molar-refractivity contribution in [1.82, 2.24) is 0 Å². The number of phenolic OH excluding ortho intramolecular Hbond substituents is 6. The Hall–Kier alpha value is -6.70. The topological polar surface area (TPSA) is 381 Å². The predicted molar refractivity (Wildman–Crippen MR) is 200 cm³/mol. The van der Waals surface area contributed by atoms with Gasteiger partial charge in [-0.2, -0.15) is 0 Å². The summed E-state index contributed by atoms with van der Waals surface area (Å²) in [5.74, 6) is -9.00. The summed E-state index contributed by atoms with van der Waals surface area (Å²) in [5, 5.41) is 133. The molecule has 6 rings (SSSR count). The second kappa shape index (κ2) is 18.5. The molecule has 10 atom stereocenters. The van der Waals surface area contributed by atoms with Crippen LogP contribution in [0.2, 0.25) is 0 Å². The normalized spacial score (nSPS) is 26.2. The van der Waals surface area contributed by atoms with E-state index in [9.17, 15) is 75.7 Å². The van der Waals surface area contributed by atoms with Crippen molar-refractivity contribution in [2.75, 3.05) is 13.2 Å². The van der Waals surface area contributed by atoms with Crippen LogP contribution in [-0.2, 0) is 33.3 Å². The van der Waals surface area contributed by atoms with Crippen LogP contribution in [0.5, 0.6) is 46.0 Å². The first-order valence-electron chi connectivity index (χ1n) is 18.2. The molecule has 2 saturated heterocycles. The maximum atomic E-state index is 12.5. The average Bonchev–Trinajstić information content (AvgIpc) is 3.22. The van der Waals surface area contributed by atoms with E-state index in [1.54, 1.807) is 0 Å². The number of fused-ring (bicyclic) bond motifs is 1. The molecule has 1 aromatic heterocycles. The van der Waals surface area contributed by atoms with Gasteiger partial charge in [0.2, 0.25) is 18.3 Å². The highest BCUT2D eigenvalue weighted by molar-refractivity contribution is 5.90. The van der Waals surface area contributed by atoms with Crippen LogP contribution in [-0.4, -0.2) is 159 Å². The van der Waals surface area contributed by atoms with Crippen molar-refractivity contribution in [3.8, 4) is 57.3 Å². The molecular weight excluding hydrogens is 836 g/mol. The van der Waals surface area contributed by atoms with E-state index in [0.29, 0.717) is 5.56 Å². The molecule has 0 radical (unpaired) electrons. The van der Waals surface area contributed by atoms with Crippen molar-refractivity contribution >= 4 is 35.0 Å². The standard InChI is InChI=1S/C39H38O23/c40-16-8-22-17(23(9-16)59-38-35(54)33(52)32(51)26(61-38)13-57-29(48)11-27(45)46)10-24(37(58-22)15-6-20(43)30(49)21(44)7-15)60-39-36(55)34(53)31(50)25(62-39)12-56-28(47)4-2-14-1-3-18(41)19(42)5-14/h1-10,25-26,31-36,38-39,50-55H,11-13H2,(H6-,40,41,42,43,44,45,46,47,49)/p+1/t25-,26+,31-,32-,33+,34-,35+,36-,38-,39-/m1/s1. The van der Waals surface area contributed by atoms with Crippen LogP contribution in [0.25, 0.3) is 28.4 Å². The van der Waals surface area contributed by atoms with Crippen LogP contribution < -0.4 is 9.47 Å². The molecule has 0 saturated carbocycles. The van der Waals surface area contributed by atoms with E-state index >= 15 is 0 Å². The molecule has 0 spiro atoms. The molecule has 332 valence electrons. The number of benzene rings is 3. The van der Waals surface area contributed by atoms with Crippen molar-refractivity contribution in [2.45, 2.75) is 67.8 Å². The van der Waals surface area contributed by atoms with Crippen LogP contribution in [0, 0.1) is 0 Å². The number of carbonyl (C=O) groups is 3. The third kappa shape index (κ3) is 9.91. The number of aliphatic hydroxyl groups is 6. The number of hydrogen-bond acceptors (Lipinski definition) is 21. The minimum absolute atomic E-state index is 0.153. The number of aromatic hydroxyl groups is 6. The highest BCUT2D eigenvalue weighted by Gasteiger charge is 2.48. The maximum Gasteiger partial charge on any atom is 0.402 e. The van der Waals surface area contributed by atoms with Gasteiger partial charge in [-0.05, 0) is 23.8 Å². The molecular formula is C39H39O23+. The number of aliphatic hydroxyl groups excluding tert-OH is 6. The Kier molecular flexibility index (Phi) is 13.4. The summed E-state index contributed by atoms with van der Waals surface area (Å²) in [6.45, 7) is -1.53. The van der Waals surface area contributed by atoms with Gasteiger partial charge in [0.1, 0.15) is 85.4 Å². The summed E-state index contributed by atoms with van der Waals surface area (Å²) in [6, 6.07) is 8.69. The van der Waals surface area contributed by atoms with Crippen LogP contribution >= 0.6 is 0 Å². The second-order valence-corrected chi connectivity index (χ2v) is 13.9. The number of carboxylic acid groups (broad SMARTS) is 1. The minimum Gasteiger partial charge on any atom is -0.507 e. The summed E-state index contributed by atoms with van der Waals surface area (Å²) in [4.78, 5) is 35.2. The van der Waals surface area contributed by atoms with Gasteiger partial charge in [-0.1, -0.05) is 6.07 Å². The van der Waals surface area contributed by atoms with Crippen molar-refractivity contribution in [3.05, 3.63) is 60.2 Å². The number of rotatable bonds is 13. The summed E-state index contributed by atoms with van der Waals surface area (Å²) in [6.07, 6.45) is -17.7. The molecule has 3 aromatic carbocycles. The van der Waals surface area contributed by atoms with Crippen molar-refractivity contribution < 1.29 is 114 Å². The van der Waals surface area contributed by atoms with Crippen LogP contribution in [0.1, 0.15) is 12.0 Å². The SMILES string of the molecule is O=C(O)CC(=O)OC[C@@H]1O[C@@H](Oc2cc(O)cc3[o+]c(-c4cc(O)c(O)c(O)c4)c(O[C@@H]4O[C@H](COC(=O)C=Cc5ccc(O)c(O)c5)[C@@H](O)[C@@H](O)[C@H]4O)cc23)[C@@H](O)[C@@H](O)[C@@H]1O. The van der Waals surface area contributed by atoms with E-state index in [4.69, 9.17) is 37.9 Å².